The Kier molecular flexibility index (Phi) is 5.85. The molecule has 0 spiro atoms. The van der Waals surface area contributed by atoms with E-state index in [4.69, 9.17) is 0 Å². The molecule has 2 bridgehead atoms. The zero-order valence-corrected chi connectivity index (χ0v) is 16.2. The van der Waals surface area contributed by atoms with E-state index in [0.717, 1.165) is 46.7 Å². The van der Waals surface area contributed by atoms with Crippen LogP contribution in [-0.2, 0) is 0 Å². The third kappa shape index (κ3) is 3.55. The molecule has 22 heavy (non-hydrogen) atoms. The van der Waals surface area contributed by atoms with Crippen LogP contribution in [0.2, 0.25) is 0 Å². The quantitative estimate of drug-likeness (QED) is 0.473. The minimum Gasteiger partial charge on any atom is -0.158 e. The molecule has 3 fully saturated rings. The first kappa shape index (κ1) is 17.2. The van der Waals surface area contributed by atoms with Crippen LogP contribution in [0.3, 0.4) is 0 Å². The number of thioether (sulfide) groups is 1. The minimum absolute atomic E-state index is 0.880. The molecule has 0 amide bonds. The molecule has 3 saturated carbocycles. The Balaban J connectivity index is 1.55. The number of fused-ring (bicyclic) bond motifs is 5. The third-order valence-corrected chi connectivity index (χ3v) is 8.71. The van der Waals surface area contributed by atoms with Crippen LogP contribution in [0.15, 0.2) is 0 Å². The highest BCUT2D eigenvalue weighted by molar-refractivity contribution is 7.99. The van der Waals surface area contributed by atoms with Gasteiger partial charge in [-0.05, 0) is 92.1 Å². The van der Waals surface area contributed by atoms with E-state index in [1.54, 1.807) is 32.1 Å². The molecule has 7 atom stereocenters. The van der Waals surface area contributed by atoms with E-state index >= 15 is 0 Å². The first-order valence-electron chi connectivity index (χ1n) is 10.2. The average Bonchev–Trinajstić information content (AvgIpc) is 3.05. The number of hydrogen-bond donors (Lipinski definition) is 0. The lowest BCUT2D eigenvalue weighted by molar-refractivity contribution is 0.0918. The van der Waals surface area contributed by atoms with E-state index in [1.807, 2.05) is 0 Å². The van der Waals surface area contributed by atoms with Gasteiger partial charge in [-0.3, -0.25) is 0 Å². The highest BCUT2D eigenvalue weighted by Crippen LogP contribution is 2.61. The molecule has 1 heteroatoms. The first-order chi connectivity index (χ1) is 10.6. The number of rotatable bonds is 7. The predicted octanol–water partition coefficient (Wildman–Crippen LogP) is 6.64. The second-order valence-corrected chi connectivity index (χ2v) is 10.5. The Labute approximate surface area is 143 Å². The highest BCUT2D eigenvalue weighted by atomic mass is 32.2. The Hall–Kier alpha value is 0.350. The third-order valence-electron chi connectivity index (χ3n) is 7.22. The second kappa shape index (κ2) is 7.49. The molecule has 0 aromatic heterocycles. The maximum Gasteiger partial charge on any atom is 0.00809 e. The van der Waals surface area contributed by atoms with Crippen LogP contribution in [0.4, 0.5) is 0 Å². The van der Waals surface area contributed by atoms with Gasteiger partial charge in [0, 0.05) is 5.25 Å². The highest BCUT2D eigenvalue weighted by Gasteiger charge is 2.54. The summed E-state index contributed by atoms with van der Waals surface area (Å²) >= 11 is 2.35. The molecule has 7 unspecified atom stereocenters. The molecule has 0 nitrogen and oxygen atoms in total. The molecular formula is C21H38S. The molecule has 0 aromatic carbocycles. The summed E-state index contributed by atoms with van der Waals surface area (Å²) in [5, 5.41) is 1.04. The first-order valence-corrected chi connectivity index (χ1v) is 11.3. The van der Waals surface area contributed by atoms with Crippen LogP contribution in [0.5, 0.6) is 0 Å². The minimum atomic E-state index is 0.880. The van der Waals surface area contributed by atoms with Gasteiger partial charge in [-0.25, -0.2) is 0 Å². The molecule has 0 saturated heterocycles. The van der Waals surface area contributed by atoms with E-state index in [2.05, 4.69) is 39.5 Å². The van der Waals surface area contributed by atoms with Crippen LogP contribution in [0, 0.1) is 41.4 Å². The predicted molar refractivity (Wildman–Crippen MR) is 100 cm³/mol. The zero-order valence-electron chi connectivity index (χ0n) is 15.4. The summed E-state index contributed by atoms with van der Waals surface area (Å²) in [5.41, 5.74) is 0. The molecule has 0 heterocycles. The van der Waals surface area contributed by atoms with E-state index in [0.29, 0.717) is 0 Å². The van der Waals surface area contributed by atoms with E-state index in [1.165, 1.54) is 25.0 Å². The smallest absolute Gasteiger partial charge is 0.00809 e. The van der Waals surface area contributed by atoms with Gasteiger partial charge in [0.15, 0.2) is 0 Å². The molecule has 3 aliphatic rings. The van der Waals surface area contributed by atoms with Gasteiger partial charge in [0.05, 0.1) is 0 Å². The SMILES string of the molecule is CCCCSC1CC2CC1C1CC(C(C)CC(C)C)CCC21. The van der Waals surface area contributed by atoms with Gasteiger partial charge in [-0.15, -0.1) is 0 Å². The summed E-state index contributed by atoms with van der Waals surface area (Å²) in [6.45, 7) is 9.69. The standard InChI is InChI=1S/C21H38S/c1-5-6-9-22-21-13-17-12-20(21)19-11-16(7-8-18(17)19)15(4)10-14(2)3/h14-21H,5-13H2,1-4H3. The normalized spacial score (nSPS) is 41.9. The van der Waals surface area contributed by atoms with Crippen molar-refractivity contribution < 1.29 is 0 Å². The Morgan fingerprint density at radius 2 is 1.77 bits per heavy atom. The lowest BCUT2D eigenvalue weighted by atomic mass is 9.64. The fourth-order valence-corrected chi connectivity index (χ4v) is 7.94. The average molecular weight is 323 g/mol. The zero-order chi connectivity index (χ0) is 15.7. The maximum absolute atomic E-state index is 2.55. The summed E-state index contributed by atoms with van der Waals surface area (Å²) in [5.74, 6) is 8.79. The van der Waals surface area contributed by atoms with E-state index in [9.17, 15) is 0 Å². The summed E-state index contributed by atoms with van der Waals surface area (Å²) in [4.78, 5) is 0. The van der Waals surface area contributed by atoms with Crippen molar-refractivity contribution in [2.45, 2.75) is 84.3 Å². The summed E-state index contributed by atoms with van der Waals surface area (Å²) < 4.78 is 0. The van der Waals surface area contributed by atoms with Crippen molar-refractivity contribution in [3.63, 3.8) is 0 Å². The van der Waals surface area contributed by atoms with Gasteiger partial charge < -0.3 is 0 Å². The molecule has 0 aromatic rings. The van der Waals surface area contributed by atoms with E-state index in [-0.39, 0.29) is 0 Å². The van der Waals surface area contributed by atoms with Crippen LogP contribution >= 0.6 is 11.8 Å². The van der Waals surface area contributed by atoms with Gasteiger partial charge in [-0.2, -0.15) is 11.8 Å². The largest absolute Gasteiger partial charge is 0.158 e. The number of unbranched alkanes of at least 4 members (excludes halogenated alkanes) is 1. The van der Waals surface area contributed by atoms with Crippen molar-refractivity contribution in [2.75, 3.05) is 5.75 Å². The molecule has 128 valence electrons. The van der Waals surface area contributed by atoms with E-state index < -0.39 is 0 Å². The molecule has 0 N–H and O–H groups in total. The van der Waals surface area contributed by atoms with Crippen LogP contribution in [-0.4, -0.2) is 11.0 Å². The molecule has 0 radical (unpaired) electrons. The maximum atomic E-state index is 2.55. The summed E-state index contributed by atoms with van der Waals surface area (Å²) in [7, 11) is 0. The Bertz CT molecular complexity index is 350. The van der Waals surface area contributed by atoms with Gasteiger partial charge in [0.2, 0.25) is 0 Å². The van der Waals surface area contributed by atoms with Crippen LogP contribution in [0.1, 0.15) is 79.1 Å². The van der Waals surface area contributed by atoms with Crippen molar-refractivity contribution in [1.82, 2.24) is 0 Å². The van der Waals surface area contributed by atoms with Gasteiger partial charge in [-0.1, -0.05) is 34.1 Å². The second-order valence-electron chi connectivity index (χ2n) is 9.17. The molecule has 3 rings (SSSR count). The number of hydrogen-bond acceptors (Lipinski definition) is 1. The van der Waals surface area contributed by atoms with Gasteiger partial charge in [0.25, 0.3) is 0 Å². The Morgan fingerprint density at radius 3 is 2.50 bits per heavy atom. The molecular weight excluding hydrogens is 284 g/mol. The van der Waals surface area contributed by atoms with Crippen LogP contribution in [0.25, 0.3) is 0 Å². The van der Waals surface area contributed by atoms with Gasteiger partial charge in [0.1, 0.15) is 0 Å². The van der Waals surface area contributed by atoms with Crippen molar-refractivity contribution in [1.29, 1.82) is 0 Å². The van der Waals surface area contributed by atoms with Gasteiger partial charge >= 0.3 is 0 Å². The fourth-order valence-electron chi connectivity index (χ4n) is 6.23. The Morgan fingerprint density at radius 1 is 0.955 bits per heavy atom. The van der Waals surface area contributed by atoms with Crippen molar-refractivity contribution in [2.24, 2.45) is 41.4 Å². The summed E-state index contributed by atoms with van der Waals surface area (Å²) in [6, 6.07) is 0. The van der Waals surface area contributed by atoms with Crippen molar-refractivity contribution in [3.8, 4) is 0 Å². The summed E-state index contributed by atoms with van der Waals surface area (Å²) in [6.07, 6.45) is 12.1. The lowest BCUT2D eigenvalue weighted by Gasteiger charge is -2.43. The van der Waals surface area contributed by atoms with Crippen molar-refractivity contribution in [3.05, 3.63) is 0 Å². The molecule has 3 aliphatic carbocycles. The monoisotopic (exact) mass is 322 g/mol. The van der Waals surface area contributed by atoms with Crippen LogP contribution < -0.4 is 0 Å². The topological polar surface area (TPSA) is 0 Å². The van der Waals surface area contributed by atoms with Crippen molar-refractivity contribution >= 4 is 11.8 Å². The molecule has 0 aliphatic heterocycles. The lowest BCUT2D eigenvalue weighted by Crippen LogP contribution is -2.36. The fraction of sp³-hybridized carbons (Fsp3) is 1.00.